The highest BCUT2D eigenvalue weighted by Gasteiger charge is 2.27. The van der Waals surface area contributed by atoms with E-state index >= 15 is 0 Å². The molecular weight excluding hydrogens is 250 g/mol. The maximum atomic E-state index is 12.0. The lowest BCUT2D eigenvalue weighted by Gasteiger charge is -2.22. The molecule has 1 aliphatic carbocycles. The predicted octanol–water partition coefficient (Wildman–Crippen LogP) is 2.21. The zero-order chi connectivity index (χ0) is 13.5. The molecule has 4 rings (SSSR count). The van der Waals surface area contributed by atoms with Crippen molar-refractivity contribution in [1.82, 2.24) is 14.9 Å². The molecule has 2 aliphatic rings. The molecule has 106 valence electrons. The van der Waals surface area contributed by atoms with Crippen molar-refractivity contribution >= 4 is 11.0 Å². The molecule has 1 aliphatic heterocycles. The number of nitrogens with zero attached hydrogens (tertiary/aromatic N) is 1. The van der Waals surface area contributed by atoms with Crippen LogP contribution in [0.4, 0.5) is 0 Å². The SMILES string of the molecule is O=c1[nH]c2cc(CC3CCCNC3)ccc2n1C1CC1. The largest absolute Gasteiger partial charge is 0.326 e. The van der Waals surface area contributed by atoms with E-state index in [1.54, 1.807) is 0 Å². The summed E-state index contributed by atoms with van der Waals surface area (Å²) in [6.45, 7) is 2.28. The number of H-pyrrole nitrogens is 1. The average molecular weight is 271 g/mol. The minimum atomic E-state index is 0.0546. The van der Waals surface area contributed by atoms with Crippen LogP contribution < -0.4 is 11.0 Å². The van der Waals surface area contributed by atoms with E-state index in [-0.39, 0.29) is 5.69 Å². The molecule has 2 N–H and O–H groups in total. The lowest BCUT2D eigenvalue weighted by molar-refractivity contribution is 0.376. The number of nitrogens with one attached hydrogen (secondary N) is 2. The fourth-order valence-corrected chi connectivity index (χ4v) is 3.43. The van der Waals surface area contributed by atoms with Crippen molar-refractivity contribution < 1.29 is 0 Å². The van der Waals surface area contributed by atoms with E-state index in [2.05, 4.69) is 28.5 Å². The molecule has 0 radical (unpaired) electrons. The van der Waals surface area contributed by atoms with Crippen LogP contribution in [-0.2, 0) is 6.42 Å². The molecule has 1 atom stereocenters. The van der Waals surface area contributed by atoms with E-state index in [0.29, 0.717) is 6.04 Å². The van der Waals surface area contributed by atoms with Crippen LogP contribution in [0.25, 0.3) is 11.0 Å². The summed E-state index contributed by atoms with van der Waals surface area (Å²) in [5, 5.41) is 3.47. The van der Waals surface area contributed by atoms with Gasteiger partial charge in [-0.2, -0.15) is 0 Å². The Labute approximate surface area is 118 Å². The second-order valence-electron chi connectivity index (χ2n) is 6.30. The number of benzene rings is 1. The molecule has 1 unspecified atom stereocenters. The van der Waals surface area contributed by atoms with Gasteiger partial charge in [0.1, 0.15) is 0 Å². The Morgan fingerprint density at radius 1 is 1.25 bits per heavy atom. The van der Waals surface area contributed by atoms with Crippen molar-refractivity contribution in [2.75, 3.05) is 13.1 Å². The smallest absolute Gasteiger partial charge is 0.316 e. The summed E-state index contributed by atoms with van der Waals surface area (Å²) < 4.78 is 1.93. The van der Waals surface area contributed by atoms with Gasteiger partial charge in [-0.05, 0) is 68.8 Å². The number of hydrogen-bond acceptors (Lipinski definition) is 2. The van der Waals surface area contributed by atoms with Gasteiger partial charge in [-0.1, -0.05) is 6.07 Å². The second-order valence-corrected chi connectivity index (χ2v) is 6.30. The van der Waals surface area contributed by atoms with Crippen molar-refractivity contribution in [1.29, 1.82) is 0 Å². The van der Waals surface area contributed by atoms with Gasteiger partial charge in [-0.3, -0.25) is 4.57 Å². The summed E-state index contributed by atoms with van der Waals surface area (Å²) in [5.74, 6) is 0.735. The third-order valence-electron chi connectivity index (χ3n) is 4.62. The third kappa shape index (κ3) is 2.18. The molecule has 4 nitrogen and oxygen atoms in total. The van der Waals surface area contributed by atoms with Crippen molar-refractivity contribution in [3.8, 4) is 0 Å². The number of hydrogen-bond donors (Lipinski definition) is 2. The number of aromatic amines is 1. The van der Waals surface area contributed by atoms with Crippen LogP contribution in [0.15, 0.2) is 23.0 Å². The molecule has 1 saturated heterocycles. The topological polar surface area (TPSA) is 49.8 Å². The van der Waals surface area contributed by atoms with Gasteiger partial charge in [-0.15, -0.1) is 0 Å². The van der Waals surface area contributed by atoms with E-state index in [1.165, 1.54) is 18.4 Å². The first kappa shape index (κ1) is 12.2. The average Bonchev–Trinajstić information content (AvgIpc) is 3.23. The van der Waals surface area contributed by atoms with Gasteiger partial charge < -0.3 is 10.3 Å². The van der Waals surface area contributed by atoms with Crippen molar-refractivity contribution in [2.45, 2.75) is 38.1 Å². The van der Waals surface area contributed by atoms with Crippen LogP contribution in [0.3, 0.4) is 0 Å². The van der Waals surface area contributed by atoms with Crippen LogP contribution in [0.5, 0.6) is 0 Å². The summed E-state index contributed by atoms with van der Waals surface area (Å²) in [4.78, 5) is 15.0. The Kier molecular flexibility index (Phi) is 2.91. The van der Waals surface area contributed by atoms with Gasteiger partial charge >= 0.3 is 5.69 Å². The van der Waals surface area contributed by atoms with Crippen LogP contribution in [-0.4, -0.2) is 22.6 Å². The molecule has 0 amide bonds. The fraction of sp³-hybridized carbons (Fsp3) is 0.562. The van der Waals surface area contributed by atoms with Gasteiger partial charge in [0.25, 0.3) is 0 Å². The molecule has 1 aromatic carbocycles. The molecular formula is C16H21N3O. The highest BCUT2D eigenvalue weighted by Crippen LogP contribution is 2.35. The first-order valence-electron chi connectivity index (χ1n) is 7.75. The minimum absolute atomic E-state index is 0.0546. The number of aromatic nitrogens is 2. The third-order valence-corrected chi connectivity index (χ3v) is 4.62. The number of imidazole rings is 1. The first-order valence-corrected chi connectivity index (χ1v) is 7.75. The maximum absolute atomic E-state index is 12.0. The summed E-state index contributed by atoms with van der Waals surface area (Å²) >= 11 is 0. The molecule has 0 bridgehead atoms. The normalized spacial score (nSPS) is 23.3. The Morgan fingerprint density at radius 3 is 2.90 bits per heavy atom. The lowest BCUT2D eigenvalue weighted by Crippen LogP contribution is -2.30. The lowest BCUT2D eigenvalue weighted by atomic mass is 9.92. The molecule has 2 fully saturated rings. The van der Waals surface area contributed by atoms with Crippen LogP contribution in [0, 0.1) is 5.92 Å². The van der Waals surface area contributed by atoms with E-state index in [4.69, 9.17) is 0 Å². The van der Waals surface area contributed by atoms with E-state index in [9.17, 15) is 4.79 Å². The molecule has 1 saturated carbocycles. The fourth-order valence-electron chi connectivity index (χ4n) is 3.43. The molecule has 20 heavy (non-hydrogen) atoms. The Hall–Kier alpha value is -1.55. The second kappa shape index (κ2) is 4.77. The maximum Gasteiger partial charge on any atom is 0.326 e. The van der Waals surface area contributed by atoms with E-state index < -0.39 is 0 Å². The quantitative estimate of drug-likeness (QED) is 0.899. The van der Waals surface area contributed by atoms with Gasteiger partial charge in [0.05, 0.1) is 11.0 Å². The zero-order valence-electron chi connectivity index (χ0n) is 11.7. The van der Waals surface area contributed by atoms with Gasteiger partial charge in [0, 0.05) is 6.04 Å². The Balaban J connectivity index is 1.63. The predicted molar refractivity (Wildman–Crippen MR) is 80.1 cm³/mol. The Bertz CT molecular complexity index is 675. The molecule has 1 aromatic heterocycles. The van der Waals surface area contributed by atoms with Gasteiger partial charge in [0.2, 0.25) is 0 Å². The molecule has 4 heteroatoms. The number of rotatable bonds is 3. The number of piperidine rings is 1. The summed E-state index contributed by atoms with van der Waals surface area (Å²) in [6.07, 6.45) is 5.98. The minimum Gasteiger partial charge on any atom is -0.316 e. The molecule has 2 heterocycles. The van der Waals surface area contributed by atoms with Crippen LogP contribution in [0.2, 0.25) is 0 Å². The monoisotopic (exact) mass is 271 g/mol. The van der Waals surface area contributed by atoms with Crippen molar-refractivity contribution in [3.63, 3.8) is 0 Å². The van der Waals surface area contributed by atoms with Crippen molar-refractivity contribution in [3.05, 3.63) is 34.2 Å². The highest BCUT2D eigenvalue weighted by atomic mass is 16.1. The van der Waals surface area contributed by atoms with Gasteiger partial charge in [0.15, 0.2) is 0 Å². The molecule has 2 aromatic rings. The first-order chi connectivity index (χ1) is 9.81. The standard InChI is InChI=1S/C16H21N3O/c20-16-18-14-9-11(8-12-2-1-7-17-10-12)3-6-15(14)19(16)13-4-5-13/h3,6,9,12-13,17H,1-2,4-5,7-8,10H2,(H,18,20). The number of fused-ring (bicyclic) bond motifs is 1. The summed E-state index contributed by atoms with van der Waals surface area (Å²) in [6, 6.07) is 6.93. The van der Waals surface area contributed by atoms with E-state index in [0.717, 1.165) is 49.3 Å². The summed E-state index contributed by atoms with van der Waals surface area (Å²) in [5.41, 5.74) is 3.47. The highest BCUT2D eigenvalue weighted by molar-refractivity contribution is 5.76. The van der Waals surface area contributed by atoms with E-state index in [1.807, 2.05) is 4.57 Å². The van der Waals surface area contributed by atoms with Crippen LogP contribution >= 0.6 is 0 Å². The van der Waals surface area contributed by atoms with Crippen molar-refractivity contribution in [2.24, 2.45) is 5.92 Å². The molecule has 0 spiro atoms. The zero-order valence-corrected chi connectivity index (χ0v) is 11.7. The van der Waals surface area contributed by atoms with Crippen LogP contribution in [0.1, 0.15) is 37.3 Å². The Morgan fingerprint density at radius 2 is 2.15 bits per heavy atom. The summed E-state index contributed by atoms with van der Waals surface area (Å²) in [7, 11) is 0. The van der Waals surface area contributed by atoms with Gasteiger partial charge in [-0.25, -0.2) is 4.79 Å².